The first-order valence-electron chi connectivity index (χ1n) is 12.2. The molecule has 0 saturated heterocycles. The summed E-state index contributed by atoms with van der Waals surface area (Å²) in [6.07, 6.45) is 4.35. The number of benzene rings is 1. The van der Waals surface area contributed by atoms with E-state index in [1.807, 2.05) is 0 Å². The fraction of sp³-hybridized carbons (Fsp3) is 0.240. The molecule has 1 fully saturated rings. The number of aliphatic hydroxyl groups is 1. The number of H-pyrrole nitrogens is 1. The normalized spacial score (nSPS) is 17.0. The van der Waals surface area contributed by atoms with Crippen LogP contribution in [0.3, 0.4) is 0 Å². The Kier molecular flexibility index (Phi) is 5.41. The lowest BCUT2D eigenvalue weighted by atomic mass is 10.0. The van der Waals surface area contributed by atoms with Gasteiger partial charge < -0.3 is 10.1 Å². The number of halogens is 4. The maximum atomic E-state index is 15.4. The topological polar surface area (TPSA) is 140 Å². The Morgan fingerprint density at radius 3 is 2.70 bits per heavy atom. The number of tetrazole rings is 1. The van der Waals surface area contributed by atoms with E-state index in [0.717, 1.165) is 0 Å². The van der Waals surface area contributed by atoms with Crippen molar-refractivity contribution in [2.45, 2.75) is 37.3 Å². The Bertz CT molecular complexity index is 1870. The van der Waals surface area contributed by atoms with E-state index >= 15 is 8.78 Å². The van der Waals surface area contributed by atoms with Gasteiger partial charge in [-0.1, -0.05) is 11.6 Å². The lowest BCUT2D eigenvalue weighted by Crippen LogP contribution is -2.26. The number of hydrogen-bond donors (Lipinski definition) is 2. The molecule has 1 aromatic carbocycles. The number of aliphatic hydroxyl groups excluding tert-OH is 1. The van der Waals surface area contributed by atoms with Crippen LogP contribution < -0.4 is 5.56 Å². The summed E-state index contributed by atoms with van der Waals surface area (Å²) in [6.45, 7) is -0.664. The molecule has 0 bridgehead atoms. The molecule has 2 N–H and O–H groups in total. The summed E-state index contributed by atoms with van der Waals surface area (Å²) >= 11 is 6.08. The minimum Gasteiger partial charge on any atom is -0.390 e. The van der Waals surface area contributed by atoms with Gasteiger partial charge in [0.05, 0.1) is 34.6 Å². The number of aromatic amines is 1. The average Bonchev–Trinajstić information content (AvgIpc) is 3.24. The molecule has 1 spiro atoms. The van der Waals surface area contributed by atoms with E-state index in [9.17, 15) is 14.3 Å². The van der Waals surface area contributed by atoms with Crippen LogP contribution >= 0.6 is 11.6 Å². The minimum absolute atomic E-state index is 0.0428. The van der Waals surface area contributed by atoms with Crippen LogP contribution in [0.15, 0.2) is 41.6 Å². The maximum Gasteiger partial charge on any atom is 0.254 e. The Hall–Kier alpha value is -4.43. The van der Waals surface area contributed by atoms with Crippen LogP contribution in [0.1, 0.15) is 42.6 Å². The fourth-order valence-corrected chi connectivity index (χ4v) is 5.53. The number of nitrogens with one attached hydrogen (secondary N) is 1. The standard InChI is InChI=1S/C25H17ClF3N9O2/c26-12-1-2-15(37-10-31-35-36-37)18(20(12)28)13-7-17(40)38-16(8-25(4-5-25)24(38)32-13)23-33-21(22(29)34-23)11-3-6-30-14(9-39)19(11)27/h1-3,6-7,10,16,39H,4-5,8-9H2,(H,33,34). The summed E-state index contributed by atoms with van der Waals surface area (Å²) in [5.41, 5.74) is -1.46. The summed E-state index contributed by atoms with van der Waals surface area (Å²) in [7, 11) is 0. The third kappa shape index (κ3) is 3.59. The van der Waals surface area contributed by atoms with Gasteiger partial charge in [-0.05, 0) is 47.9 Å². The van der Waals surface area contributed by atoms with Crippen molar-refractivity contribution in [2.75, 3.05) is 0 Å². The summed E-state index contributed by atoms with van der Waals surface area (Å²) in [5.74, 6) is -2.05. The van der Waals surface area contributed by atoms with Crippen LogP contribution in [0.25, 0.3) is 28.2 Å². The molecule has 1 aliphatic carbocycles. The van der Waals surface area contributed by atoms with E-state index in [1.165, 1.54) is 46.0 Å². The molecule has 7 rings (SSSR count). The quantitative estimate of drug-likeness (QED) is 0.330. The smallest absolute Gasteiger partial charge is 0.254 e. The number of nitrogens with zero attached hydrogens (tertiary/aromatic N) is 8. The predicted molar refractivity (Wildman–Crippen MR) is 133 cm³/mol. The monoisotopic (exact) mass is 567 g/mol. The van der Waals surface area contributed by atoms with Gasteiger partial charge in [0.1, 0.15) is 29.4 Å². The van der Waals surface area contributed by atoms with Crippen LogP contribution in [0, 0.1) is 17.6 Å². The van der Waals surface area contributed by atoms with Gasteiger partial charge in [-0.3, -0.25) is 14.3 Å². The molecule has 5 aromatic rings. The molecule has 202 valence electrons. The van der Waals surface area contributed by atoms with Crippen LogP contribution in [0.2, 0.25) is 5.02 Å². The molecule has 2 aliphatic rings. The van der Waals surface area contributed by atoms with E-state index in [1.54, 1.807) is 0 Å². The zero-order chi connectivity index (χ0) is 27.8. The molecule has 40 heavy (non-hydrogen) atoms. The molecule has 0 amide bonds. The molecule has 5 heterocycles. The first kappa shape index (κ1) is 24.6. The molecular weight excluding hydrogens is 551 g/mol. The fourth-order valence-electron chi connectivity index (χ4n) is 5.38. The lowest BCUT2D eigenvalue weighted by Gasteiger charge is -2.15. The van der Waals surface area contributed by atoms with Crippen molar-refractivity contribution < 1.29 is 18.3 Å². The second-order valence-electron chi connectivity index (χ2n) is 9.75. The highest BCUT2D eigenvalue weighted by molar-refractivity contribution is 6.31. The molecule has 0 radical (unpaired) electrons. The highest BCUT2D eigenvalue weighted by atomic mass is 35.5. The first-order valence-corrected chi connectivity index (χ1v) is 12.5. The van der Waals surface area contributed by atoms with Crippen molar-refractivity contribution in [3.05, 3.63) is 87.1 Å². The van der Waals surface area contributed by atoms with Crippen molar-refractivity contribution >= 4 is 11.6 Å². The van der Waals surface area contributed by atoms with Crippen molar-refractivity contribution in [2.24, 2.45) is 0 Å². The Balaban J connectivity index is 1.36. The summed E-state index contributed by atoms with van der Waals surface area (Å²) in [5, 5.41) is 20.2. The van der Waals surface area contributed by atoms with E-state index in [-0.39, 0.29) is 44.7 Å². The molecule has 1 unspecified atom stereocenters. The number of hydrogen-bond acceptors (Lipinski definition) is 8. The van der Waals surface area contributed by atoms with E-state index < -0.39 is 41.2 Å². The second kappa shape index (κ2) is 8.79. The van der Waals surface area contributed by atoms with Crippen LogP contribution in [-0.4, -0.2) is 49.8 Å². The highest BCUT2D eigenvalue weighted by Crippen LogP contribution is 2.58. The number of rotatable bonds is 5. The molecule has 1 saturated carbocycles. The van der Waals surface area contributed by atoms with E-state index in [4.69, 9.17) is 16.6 Å². The van der Waals surface area contributed by atoms with Gasteiger partial charge in [0.15, 0.2) is 11.6 Å². The van der Waals surface area contributed by atoms with Gasteiger partial charge in [-0.25, -0.2) is 18.7 Å². The third-order valence-corrected chi connectivity index (χ3v) is 7.75. The Morgan fingerprint density at radius 2 is 1.98 bits per heavy atom. The molecule has 1 atom stereocenters. The number of pyridine rings is 1. The van der Waals surface area contributed by atoms with Gasteiger partial charge in [-0.2, -0.15) is 9.07 Å². The molecule has 1 aliphatic heterocycles. The predicted octanol–water partition coefficient (Wildman–Crippen LogP) is 3.26. The lowest BCUT2D eigenvalue weighted by molar-refractivity contribution is 0.270. The Labute approximate surface area is 227 Å². The molecule has 15 heteroatoms. The molecule has 4 aromatic heterocycles. The van der Waals surface area contributed by atoms with Crippen LogP contribution in [-0.2, 0) is 12.0 Å². The van der Waals surface area contributed by atoms with E-state index in [2.05, 4.69) is 30.5 Å². The SMILES string of the molecule is O=c1cc(-c2c(-n3cnnn3)ccc(Cl)c2F)nc2n1C(c1nc(-c3ccnc(CO)c3F)c(F)[nH]1)CC21CC1. The maximum absolute atomic E-state index is 15.4. The first-order chi connectivity index (χ1) is 19.3. The van der Waals surface area contributed by atoms with Crippen molar-refractivity contribution in [1.82, 2.24) is 44.7 Å². The Morgan fingerprint density at radius 1 is 1.15 bits per heavy atom. The summed E-state index contributed by atoms with van der Waals surface area (Å²) in [4.78, 5) is 28.9. The van der Waals surface area contributed by atoms with Crippen molar-refractivity contribution in [3.8, 4) is 28.2 Å². The number of fused-ring (bicyclic) bond motifs is 2. The summed E-state index contributed by atoms with van der Waals surface area (Å²) in [6, 6.07) is 4.59. The largest absolute Gasteiger partial charge is 0.390 e. The van der Waals surface area contributed by atoms with E-state index in [0.29, 0.717) is 25.1 Å². The highest BCUT2D eigenvalue weighted by Gasteiger charge is 2.55. The van der Waals surface area contributed by atoms with Gasteiger partial charge in [0.2, 0.25) is 5.95 Å². The van der Waals surface area contributed by atoms with Gasteiger partial charge in [0.25, 0.3) is 5.56 Å². The van der Waals surface area contributed by atoms with Crippen LogP contribution in [0.4, 0.5) is 13.2 Å². The number of imidazole rings is 1. The molecular formula is C25H17ClF3N9O2. The molecule has 11 nitrogen and oxygen atoms in total. The van der Waals surface area contributed by atoms with Gasteiger partial charge in [-0.15, -0.1) is 5.10 Å². The van der Waals surface area contributed by atoms with Gasteiger partial charge >= 0.3 is 0 Å². The van der Waals surface area contributed by atoms with Crippen molar-refractivity contribution in [3.63, 3.8) is 0 Å². The number of aromatic nitrogens is 9. The minimum atomic E-state index is -0.896. The van der Waals surface area contributed by atoms with Crippen LogP contribution in [0.5, 0.6) is 0 Å². The zero-order valence-corrected chi connectivity index (χ0v) is 21.1. The van der Waals surface area contributed by atoms with Gasteiger partial charge in [0, 0.05) is 23.2 Å². The van der Waals surface area contributed by atoms with Crippen molar-refractivity contribution in [1.29, 1.82) is 0 Å². The zero-order valence-electron chi connectivity index (χ0n) is 20.3. The average molecular weight is 568 g/mol. The second-order valence-corrected chi connectivity index (χ2v) is 10.2. The third-order valence-electron chi connectivity index (χ3n) is 7.46. The summed E-state index contributed by atoms with van der Waals surface area (Å²) < 4.78 is 47.9.